The van der Waals surface area contributed by atoms with Gasteiger partial charge in [0.05, 0.1) is 16.7 Å². The first-order valence-electron chi connectivity index (χ1n) is 8.23. The van der Waals surface area contributed by atoms with Crippen LogP contribution in [0.1, 0.15) is 22.3 Å². The van der Waals surface area contributed by atoms with E-state index in [0.717, 1.165) is 36.8 Å². The summed E-state index contributed by atoms with van der Waals surface area (Å²) in [6.45, 7) is 1.43. The second kappa shape index (κ2) is 10.2. The van der Waals surface area contributed by atoms with Crippen molar-refractivity contribution in [2.75, 3.05) is 18.5 Å². The van der Waals surface area contributed by atoms with E-state index in [0.29, 0.717) is 22.2 Å². The third-order valence-electron chi connectivity index (χ3n) is 4.03. The van der Waals surface area contributed by atoms with Crippen molar-refractivity contribution in [1.82, 2.24) is 0 Å². The minimum atomic E-state index is -0.0353. The molecule has 0 atom stereocenters. The molecule has 0 saturated carbocycles. The topological polar surface area (TPSA) is 53.3 Å². The van der Waals surface area contributed by atoms with Gasteiger partial charge in [0.25, 0.3) is 0 Å². The molecule has 1 aliphatic rings. The molecule has 134 valence electrons. The van der Waals surface area contributed by atoms with E-state index in [4.69, 9.17) is 33.2 Å². The van der Waals surface area contributed by atoms with Gasteiger partial charge in [-0.2, -0.15) is 0 Å². The number of halogens is 2. The number of methoxy groups -OCH3 is 1. The quantitative estimate of drug-likeness (QED) is 0.551. The van der Waals surface area contributed by atoms with Crippen LogP contribution in [0.3, 0.4) is 0 Å². The number of anilines is 1. The van der Waals surface area contributed by atoms with Crippen molar-refractivity contribution in [2.45, 2.75) is 19.3 Å². The molecular weight excluding hydrogens is 370 g/mol. The first kappa shape index (κ1) is 20.3. The second-order valence-electron chi connectivity index (χ2n) is 5.87. The summed E-state index contributed by atoms with van der Waals surface area (Å²) in [6.07, 6.45) is 2.80. The Morgan fingerprint density at radius 1 is 1.27 bits per heavy atom. The Bertz CT molecular complexity index is 795. The Labute approximate surface area is 164 Å². The van der Waals surface area contributed by atoms with E-state index in [-0.39, 0.29) is 6.85 Å². The molecule has 0 N–H and O–H groups in total. The lowest BCUT2D eigenvalue weighted by molar-refractivity contribution is 0.112. The van der Waals surface area contributed by atoms with Crippen LogP contribution in [0.4, 0.5) is 5.69 Å². The number of ether oxygens (including phenoxy) is 1. The van der Waals surface area contributed by atoms with Gasteiger partial charge >= 0.3 is 6.85 Å². The van der Waals surface area contributed by atoms with Gasteiger partial charge in [-0.3, -0.25) is 4.79 Å². The summed E-state index contributed by atoms with van der Waals surface area (Å²) in [5.74, 6) is 2.29. The third-order valence-corrected chi connectivity index (χ3v) is 4.77. The molecular formula is C19H19BCl2N2O2. The lowest BCUT2D eigenvalue weighted by atomic mass is 9.61. The highest BCUT2D eigenvalue weighted by molar-refractivity contribution is 6.71. The summed E-state index contributed by atoms with van der Waals surface area (Å²) in [5.41, 5.74) is 2.67. The van der Waals surface area contributed by atoms with Crippen molar-refractivity contribution in [3.05, 3.63) is 63.6 Å². The summed E-state index contributed by atoms with van der Waals surface area (Å²) in [5, 5.41) is 10.1. The number of aldehydes is 1. The van der Waals surface area contributed by atoms with Crippen LogP contribution in [-0.2, 0) is 11.3 Å². The van der Waals surface area contributed by atoms with Crippen LogP contribution in [0.5, 0.6) is 0 Å². The minimum Gasteiger partial charge on any atom is -0.402 e. The molecule has 1 aliphatic heterocycles. The van der Waals surface area contributed by atoms with Crippen LogP contribution in [0.15, 0.2) is 42.5 Å². The number of rotatable bonds is 4. The van der Waals surface area contributed by atoms with Crippen LogP contribution in [0.2, 0.25) is 16.4 Å². The molecule has 0 bridgehead atoms. The Morgan fingerprint density at radius 2 is 2.08 bits per heavy atom. The van der Waals surface area contributed by atoms with Gasteiger partial charge in [0.2, 0.25) is 0 Å². The third kappa shape index (κ3) is 5.50. The Balaban J connectivity index is 0.000000197. The van der Waals surface area contributed by atoms with E-state index in [1.54, 1.807) is 25.3 Å². The molecule has 26 heavy (non-hydrogen) atoms. The van der Waals surface area contributed by atoms with Crippen LogP contribution >= 0.6 is 23.2 Å². The fraction of sp³-hybridized carbons (Fsp3) is 0.263. The standard InChI is InChI=1S/C11H11BN2O.C8H8Cl2O/c13-9-12-5-2-6-14(12)11-4-1-3-10(7-11)8-15;1-11-5-6-2-3-7(9)8(10)4-6/h1,3-4,7-8H,2,5-6H2;2-4H,5H2,1H3. The molecule has 2 aromatic carbocycles. The van der Waals surface area contributed by atoms with Crippen molar-refractivity contribution in [3.8, 4) is 5.97 Å². The number of nitrogens with zero attached hydrogens (tertiary/aromatic N) is 2. The van der Waals surface area contributed by atoms with Gasteiger partial charge in [-0.1, -0.05) is 41.4 Å². The van der Waals surface area contributed by atoms with Gasteiger partial charge in [0, 0.05) is 30.9 Å². The second-order valence-corrected chi connectivity index (χ2v) is 6.69. The van der Waals surface area contributed by atoms with Crippen LogP contribution in [0.25, 0.3) is 0 Å². The summed E-state index contributed by atoms with van der Waals surface area (Å²) < 4.78 is 4.92. The number of carbonyl (C=O) groups is 1. The summed E-state index contributed by atoms with van der Waals surface area (Å²) >= 11 is 11.5. The highest BCUT2D eigenvalue weighted by Crippen LogP contribution is 2.24. The highest BCUT2D eigenvalue weighted by Gasteiger charge is 2.29. The first-order chi connectivity index (χ1) is 12.6. The Morgan fingerprint density at radius 3 is 2.73 bits per heavy atom. The van der Waals surface area contributed by atoms with Crippen molar-refractivity contribution < 1.29 is 9.53 Å². The van der Waals surface area contributed by atoms with Gasteiger partial charge < -0.3 is 9.55 Å². The van der Waals surface area contributed by atoms with Crippen LogP contribution in [0, 0.1) is 11.2 Å². The molecule has 0 unspecified atom stereocenters. The molecule has 0 aromatic heterocycles. The molecule has 4 nitrogen and oxygen atoms in total. The monoisotopic (exact) mass is 388 g/mol. The number of nitriles is 1. The Hall–Kier alpha value is -2.00. The molecule has 1 heterocycles. The Kier molecular flexibility index (Phi) is 7.99. The maximum Gasteiger partial charge on any atom is 0.378 e. The molecule has 0 radical (unpaired) electrons. The molecule has 1 fully saturated rings. The number of hydrogen-bond donors (Lipinski definition) is 0. The van der Waals surface area contributed by atoms with Crippen molar-refractivity contribution in [3.63, 3.8) is 0 Å². The molecule has 7 heteroatoms. The van der Waals surface area contributed by atoms with E-state index < -0.39 is 0 Å². The largest absolute Gasteiger partial charge is 0.402 e. The van der Waals surface area contributed by atoms with Crippen molar-refractivity contribution >= 4 is 42.0 Å². The fourth-order valence-electron chi connectivity index (χ4n) is 2.78. The average molecular weight is 389 g/mol. The van der Waals surface area contributed by atoms with Gasteiger partial charge in [0.15, 0.2) is 0 Å². The van der Waals surface area contributed by atoms with Crippen LogP contribution < -0.4 is 4.81 Å². The van der Waals surface area contributed by atoms with Gasteiger partial charge in [-0.05, 0) is 42.6 Å². The maximum absolute atomic E-state index is 10.6. The lowest BCUT2D eigenvalue weighted by Gasteiger charge is -2.20. The van der Waals surface area contributed by atoms with Crippen molar-refractivity contribution in [1.29, 1.82) is 5.26 Å². The molecule has 2 aromatic rings. The van der Waals surface area contributed by atoms with E-state index in [2.05, 4.69) is 10.8 Å². The molecule has 0 spiro atoms. The lowest BCUT2D eigenvalue weighted by Crippen LogP contribution is -2.32. The van der Waals surface area contributed by atoms with Crippen LogP contribution in [-0.4, -0.2) is 26.8 Å². The predicted octanol–water partition coefficient (Wildman–Crippen LogP) is 4.90. The molecule has 1 saturated heterocycles. The van der Waals surface area contributed by atoms with E-state index >= 15 is 0 Å². The fourth-order valence-corrected chi connectivity index (χ4v) is 3.10. The predicted molar refractivity (Wildman–Crippen MR) is 107 cm³/mol. The molecule has 0 aliphatic carbocycles. The smallest absolute Gasteiger partial charge is 0.378 e. The number of carbonyl (C=O) groups excluding carboxylic acids is 1. The number of hydrogen-bond acceptors (Lipinski definition) is 4. The molecule has 0 amide bonds. The van der Waals surface area contributed by atoms with E-state index in [1.807, 2.05) is 24.3 Å². The van der Waals surface area contributed by atoms with Crippen molar-refractivity contribution in [2.24, 2.45) is 0 Å². The average Bonchev–Trinajstić information content (AvgIpc) is 3.14. The normalized spacial score (nSPS) is 13.0. The first-order valence-corrected chi connectivity index (χ1v) is 8.99. The van der Waals surface area contributed by atoms with Gasteiger partial charge in [-0.25, -0.2) is 5.26 Å². The summed E-state index contributed by atoms with van der Waals surface area (Å²) in [7, 11) is 1.64. The maximum atomic E-state index is 10.6. The van der Waals surface area contributed by atoms with E-state index in [1.165, 1.54) is 0 Å². The zero-order valence-corrected chi connectivity index (χ0v) is 16.0. The number of benzene rings is 2. The van der Waals surface area contributed by atoms with E-state index in [9.17, 15) is 4.79 Å². The zero-order chi connectivity index (χ0) is 18.9. The highest BCUT2D eigenvalue weighted by atomic mass is 35.5. The molecule has 3 rings (SSSR count). The SMILES string of the molecule is COCc1ccc(Cl)c(Cl)c1.N#CB1CCCN1c1cccc(C=O)c1. The summed E-state index contributed by atoms with van der Waals surface area (Å²) in [4.78, 5) is 12.7. The summed E-state index contributed by atoms with van der Waals surface area (Å²) in [6, 6.07) is 12.9. The zero-order valence-electron chi connectivity index (χ0n) is 14.5. The minimum absolute atomic E-state index is 0.0353. The van der Waals surface area contributed by atoms with Gasteiger partial charge in [-0.15, -0.1) is 0 Å². The van der Waals surface area contributed by atoms with Gasteiger partial charge in [0.1, 0.15) is 6.29 Å².